The van der Waals surface area contributed by atoms with Crippen LogP contribution in [0, 0.1) is 0 Å². The molecule has 4 heteroatoms. The Bertz CT molecular complexity index is 546. The van der Waals surface area contributed by atoms with Crippen molar-refractivity contribution in [3.05, 3.63) is 53.6 Å². The van der Waals surface area contributed by atoms with Gasteiger partial charge in [0.05, 0.1) is 18.6 Å². The van der Waals surface area contributed by atoms with E-state index >= 15 is 0 Å². The molecule has 0 unspecified atom stereocenters. The van der Waals surface area contributed by atoms with Gasteiger partial charge in [-0.1, -0.05) is 30.3 Å². The predicted molar refractivity (Wildman–Crippen MR) is 61.8 cm³/mol. The van der Waals surface area contributed by atoms with Crippen LogP contribution in [0.3, 0.4) is 0 Å². The number of imidazole rings is 1. The van der Waals surface area contributed by atoms with Gasteiger partial charge >= 0.3 is 5.97 Å². The lowest BCUT2D eigenvalue weighted by Crippen LogP contribution is -2.21. The molecule has 86 valence electrons. The van der Waals surface area contributed by atoms with Crippen LogP contribution in [0.1, 0.15) is 21.7 Å². The molecule has 0 saturated heterocycles. The van der Waals surface area contributed by atoms with Crippen LogP contribution in [0.25, 0.3) is 0 Å². The van der Waals surface area contributed by atoms with Gasteiger partial charge in [-0.25, -0.2) is 9.78 Å². The Hall–Kier alpha value is -2.10. The molecule has 0 radical (unpaired) electrons. The average molecular weight is 228 g/mol. The summed E-state index contributed by atoms with van der Waals surface area (Å²) in [7, 11) is 0. The maximum Gasteiger partial charge on any atom is 0.356 e. The third kappa shape index (κ3) is 1.82. The molecule has 2 aromatic rings. The lowest BCUT2D eigenvalue weighted by Gasteiger charge is -2.13. The number of carbonyl (C=O) groups excluding carboxylic acids is 1. The normalized spacial score (nSPS) is 14.2. The van der Waals surface area contributed by atoms with Crippen LogP contribution in [0.5, 0.6) is 0 Å². The van der Waals surface area contributed by atoms with Gasteiger partial charge in [-0.2, -0.15) is 0 Å². The number of ether oxygens (including phenoxy) is 1. The average Bonchev–Trinajstić information content (AvgIpc) is 2.75. The van der Waals surface area contributed by atoms with Gasteiger partial charge in [0.2, 0.25) is 0 Å². The van der Waals surface area contributed by atoms with Gasteiger partial charge in [0.1, 0.15) is 0 Å². The smallest absolute Gasteiger partial charge is 0.356 e. The zero-order valence-corrected chi connectivity index (χ0v) is 9.30. The Balaban J connectivity index is 1.94. The van der Waals surface area contributed by atoms with E-state index in [0.717, 1.165) is 11.3 Å². The summed E-state index contributed by atoms with van der Waals surface area (Å²) in [5, 5.41) is 0. The fourth-order valence-corrected chi connectivity index (χ4v) is 2.05. The Labute approximate surface area is 98.9 Å². The molecule has 0 spiro atoms. The first kappa shape index (κ1) is 10.1. The van der Waals surface area contributed by atoms with Crippen molar-refractivity contribution in [2.75, 3.05) is 6.61 Å². The minimum Gasteiger partial charge on any atom is -0.461 e. The number of nitrogens with zero attached hydrogens (tertiary/aromatic N) is 2. The minimum atomic E-state index is -0.264. The Morgan fingerprint density at radius 1 is 1.29 bits per heavy atom. The fraction of sp³-hybridized carbons (Fsp3) is 0.231. The van der Waals surface area contributed by atoms with Crippen molar-refractivity contribution in [1.82, 2.24) is 9.55 Å². The molecule has 0 N–H and O–H groups in total. The topological polar surface area (TPSA) is 44.1 Å². The van der Waals surface area contributed by atoms with Crippen LogP contribution in [0.2, 0.25) is 0 Å². The van der Waals surface area contributed by atoms with Crippen molar-refractivity contribution >= 4 is 5.97 Å². The van der Waals surface area contributed by atoms with E-state index in [4.69, 9.17) is 4.74 Å². The molecule has 3 rings (SSSR count). The molecule has 1 aliphatic heterocycles. The van der Waals surface area contributed by atoms with Crippen molar-refractivity contribution in [1.29, 1.82) is 0 Å². The van der Waals surface area contributed by atoms with Crippen LogP contribution in [-0.2, 0) is 17.7 Å². The van der Waals surface area contributed by atoms with E-state index in [9.17, 15) is 4.79 Å². The first-order valence-electron chi connectivity index (χ1n) is 5.59. The Morgan fingerprint density at radius 2 is 2.12 bits per heavy atom. The first-order valence-corrected chi connectivity index (χ1v) is 5.59. The minimum absolute atomic E-state index is 0.264. The standard InChI is InChI=1S/C13H12N2O2/c16-13-12-11(6-7-17-13)14-9-15(12)8-10-4-2-1-3-5-10/h1-5,9H,6-8H2. The van der Waals surface area contributed by atoms with E-state index in [1.165, 1.54) is 0 Å². The van der Waals surface area contributed by atoms with Crippen molar-refractivity contribution in [2.45, 2.75) is 13.0 Å². The lowest BCUT2D eigenvalue weighted by atomic mass is 10.2. The van der Waals surface area contributed by atoms with Gasteiger partial charge in [-0.05, 0) is 5.56 Å². The number of cyclic esters (lactones) is 1. The molecule has 17 heavy (non-hydrogen) atoms. The molecule has 0 aliphatic carbocycles. The van der Waals surface area contributed by atoms with Gasteiger partial charge in [0.25, 0.3) is 0 Å². The van der Waals surface area contributed by atoms with Gasteiger partial charge in [-0.15, -0.1) is 0 Å². The largest absolute Gasteiger partial charge is 0.461 e. The summed E-state index contributed by atoms with van der Waals surface area (Å²) in [4.78, 5) is 15.9. The summed E-state index contributed by atoms with van der Waals surface area (Å²) in [6.07, 6.45) is 2.42. The number of hydrogen-bond acceptors (Lipinski definition) is 3. The van der Waals surface area contributed by atoms with Crippen LogP contribution in [-0.4, -0.2) is 22.1 Å². The quantitative estimate of drug-likeness (QED) is 0.734. The van der Waals surface area contributed by atoms with Crippen molar-refractivity contribution in [3.8, 4) is 0 Å². The van der Waals surface area contributed by atoms with Crippen LogP contribution in [0.4, 0.5) is 0 Å². The second-order valence-electron chi connectivity index (χ2n) is 4.04. The maximum absolute atomic E-state index is 11.7. The van der Waals surface area contributed by atoms with Crippen molar-refractivity contribution in [3.63, 3.8) is 0 Å². The monoisotopic (exact) mass is 228 g/mol. The molecule has 0 amide bonds. The van der Waals surface area contributed by atoms with E-state index in [0.29, 0.717) is 25.3 Å². The van der Waals surface area contributed by atoms with E-state index in [-0.39, 0.29) is 5.97 Å². The second kappa shape index (κ2) is 4.05. The zero-order valence-electron chi connectivity index (χ0n) is 9.30. The molecular formula is C13H12N2O2. The maximum atomic E-state index is 11.7. The highest BCUT2D eigenvalue weighted by Crippen LogP contribution is 2.16. The highest BCUT2D eigenvalue weighted by Gasteiger charge is 2.24. The molecule has 0 atom stereocenters. The molecule has 1 aromatic heterocycles. The number of rotatable bonds is 2. The first-order chi connectivity index (χ1) is 8.34. The van der Waals surface area contributed by atoms with Gasteiger partial charge < -0.3 is 9.30 Å². The number of aromatic nitrogens is 2. The van der Waals surface area contributed by atoms with E-state index in [1.54, 1.807) is 6.33 Å². The van der Waals surface area contributed by atoms with E-state index in [1.807, 2.05) is 34.9 Å². The fourth-order valence-electron chi connectivity index (χ4n) is 2.05. The third-order valence-electron chi connectivity index (χ3n) is 2.87. The molecule has 1 aliphatic rings. The molecule has 1 aromatic carbocycles. The van der Waals surface area contributed by atoms with Crippen molar-refractivity contribution < 1.29 is 9.53 Å². The summed E-state index contributed by atoms with van der Waals surface area (Å²) >= 11 is 0. The third-order valence-corrected chi connectivity index (χ3v) is 2.87. The summed E-state index contributed by atoms with van der Waals surface area (Å²) < 4.78 is 6.89. The molecule has 0 fully saturated rings. The highest BCUT2D eigenvalue weighted by atomic mass is 16.5. The molecular weight excluding hydrogens is 216 g/mol. The SMILES string of the molecule is O=C1OCCc2ncn(Cc3ccccc3)c21. The Kier molecular flexibility index (Phi) is 2.40. The summed E-state index contributed by atoms with van der Waals surface area (Å²) in [5.74, 6) is -0.264. The van der Waals surface area contributed by atoms with E-state index in [2.05, 4.69) is 4.98 Å². The summed E-state index contributed by atoms with van der Waals surface area (Å²) in [6.45, 7) is 1.09. The highest BCUT2D eigenvalue weighted by molar-refractivity contribution is 5.89. The number of benzene rings is 1. The molecule has 2 heterocycles. The number of fused-ring (bicyclic) bond motifs is 1. The number of esters is 1. The number of hydrogen-bond donors (Lipinski definition) is 0. The number of carbonyl (C=O) groups is 1. The molecule has 4 nitrogen and oxygen atoms in total. The zero-order chi connectivity index (χ0) is 11.7. The lowest BCUT2D eigenvalue weighted by molar-refractivity contribution is 0.0465. The van der Waals surface area contributed by atoms with Crippen molar-refractivity contribution in [2.24, 2.45) is 0 Å². The second-order valence-corrected chi connectivity index (χ2v) is 4.04. The van der Waals surface area contributed by atoms with Crippen LogP contribution >= 0.6 is 0 Å². The van der Waals surface area contributed by atoms with Gasteiger partial charge in [-0.3, -0.25) is 0 Å². The van der Waals surface area contributed by atoms with Gasteiger partial charge in [0.15, 0.2) is 5.69 Å². The van der Waals surface area contributed by atoms with E-state index < -0.39 is 0 Å². The predicted octanol–water partition coefficient (Wildman–Crippen LogP) is 1.64. The summed E-state index contributed by atoms with van der Waals surface area (Å²) in [6, 6.07) is 10.00. The molecule has 0 bridgehead atoms. The van der Waals surface area contributed by atoms with Crippen LogP contribution in [0.15, 0.2) is 36.7 Å². The van der Waals surface area contributed by atoms with Gasteiger partial charge in [0, 0.05) is 13.0 Å². The molecule has 0 saturated carbocycles. The van der Waals surface area contributed by atoms with Crippen LogP contribution < -0.4 is 0 Å². The Morgan fingerprint density at radius 3 is 2.94 bits per heavy atom. The summed E-state index contributed by atoms with van der Waals surface area (Å²) in [5.41, 5.74) is 2.59.